The predicted molar refractivity (Wildman–Crippen MR) is 70.7 cm³/mol. The molecule has 2 atom stereocenters. The van der Waals surface area contributed by atoms with Crippen molar-refractivity contribution in [1.82, 2.24) is 0 Å². The molecule has 96 valence electrons. The number of benzene rings is 1. The summed E-state index contributed by atoms with van der Waals surface area (Å²) in [5, 5.41) is -0.491. The Morgan fingerprint density at radius 2 is 2.00 bits per heavy atom. The molecular weight excluding hydrogens is 248 g/mol. The summed E-state index contributed by atoms with van der Waals surface area (Å²) in [5.74, 6) is 0.547. The van der Waals surface area contributed by atoms with Crippen molar-refractivity contribution in [3.63, 3.8) is 0 Å². The monoisotopic (exact) mass is 264 g/mol. The highest BCUT2D eigenvalue weighted by molar-refractivity contribution is 7.86. The second kappa shape index (κ2) is 5.48. The van der Waals surface area contributed by atoms with Crippen molar-refractivity contribution < 1.29 is 13.7 Å². The average molecular weight is 264 g/mol. The standard InChI is InChI=1S/C14H16O3S/c1-3-17-11-8-13(15)14(9-11)18(16)12-6-4-10(2)5-7-12/h4-8,14H,3,9H2,1-2H3/t14-,18?/m0/s1. The molecule has 0 aromatic heterocycles. The number of ketones is 1. The Hall–Kier alpha value is -1.42. The van der Waals surface area contributed by atoms with Crippen molar-refractivity contribution in [2.24, 2.45) is 0 Å². The molecule has 0 amide bonds. The van der Waals surface area contributed by atoms with Gasteiger partial charge >= 0.3 is 0 Å². The van der Waals surface area contributed by atoms with Crippen LogP contribution in [0.3, 0.4) is 0 Å². The summed E-state index contributed by atoms with van der Waals surface area (Å²) in [4.78, 5) is 12.5. The van der Waals surface area contributed by atoms with Crippen LogP contribution in [-0.4, -0.2) is 21.8 Å². The number of hydrogen-bond donors (Lipinski definition) is 0. The van der Waals surface area contributed by atoms with Crippen LogP contribution in [0.5, 0.6) is 0 Å². The van der Waals surface area contributed by atoms with Gasteiger partial charge in [-0.15, -0.1) is 0 Å². The van der Waals surface area contributed by atoms with E-state index in [2.05, 4.69) is 0 Å². The zero-order valence-corrected chi connectivity index (χ0v) is 11.3. The molecule has 0 N–H and O–H groups in total. The fourth-order valence-electron chi connectivity index (χ4n) is 1.90. The van der Waals surface area contributed by atoms with Crippen LogP contribution in [0.4, 0.5) is 0 Å². The molecule has 0 saturated carbocycles. The number of carbonyl (C=O) groups is 1. The van der Waals surface area contributed by atoms with Crippen molar-refractivity contribution >= 4 is 16.6 Å². The number of rotatable bonds is 4. The van der Waals surface area contributed by atoms with E-state index in [0.717, 1.165) is 5.56 Å². The van der Waals surface area contributed by atoms with Crippen LogP contribution in [0.25, 0.3) is 0 Å². The fraction of sp³-hybridized carbons (Fsp3) is 0.357. The largest absolute Gasteiger partial charge is 0.498 e. The number of allylic oxidation sites excluding steroid dienone is 2. The van der Waals surface area contributed by atoms with Crippen LogP contribution < -0.4 is 0 Å². The van der Waals surface area contributed by atoms with Gasteiger partial charge in [0.2, 0.25) is 0 Å². The third-order valence-electron chi connectivity index (χ3n) is 2.85. The second-order valence-electron chi connectivity index (χ2n) is 4.25. The van der Waals surface area contributed by atoms with E-state index in [1.165, 1.54) is 6.08 Å². The van der Waals surface area contributed by atoms with Gasteiger partial charge in [-0.25, -0.2) is 0 Å². The first-order valence-electron chi connectivity index (χ1n) is 5.96. The Kier molecular flexibility index (Phi) is 3.97. The van der Waals surface area contributed by atoms with Crippen molar-refractivity contribution in [3.8, 4) is 0 Å². The molecule has 0 aliphatic heterocycles. The van der Waals surface area contributed by atoms with E-state index in [9.17, 15) is 9.00 Å². The van der Waals surface area contributed by atoms with Crippen molar-refractivity contribution in [2.45, 2.75) is 30.4 Å². The van der Waals surface area contributed by atoms with Gasteiger partial charge in [0.05, 0.1) is 17.4 Å². The van der Waals surface area contributed by atoms with Crippen LogP contribution >= 0.6 is 0 Å². The van der Waals surface area contributed by atoms with Crippen LogP contribution in [0.1, 0.15) is 18.9 Å². The lowest BCUT2D eigenvalue weighted by Gasteiger charge is -2.09. The maximum absolute atomic E-state index is 12.3. The highest BCUT2D eigenvalue weighted by Gasteiger charge is 2.32. The minimum absolute atomic E-state index is 0.0997. The van der Waals surface area contributed by atoms with Crippen LogP contribution in [0.2, 0.25) is 0 Å². The lowest BCUT2D eigenvalue weighted by atomic mass is 10.2. The van der Waals surface area contributed by atoms with E-state index in [0.29, 0.717) is 23.7 Å². The van der Waals surface area contributed by atoms with Gasteiger partial charge in [0, 0.05) is 17.4 Å². The maximum Gasteiger partial charge on any atom is 0.175 e. The van der Waals surface area contributed by atoms with Gasteiger partial charge in [0.15, 0.2) is 5.78 Å². The summed E-state index contributed by atoms with van der Waals surface area (Å²) >= 11 is 0. The Labute approximate surface area is 109 Å². The molecule has 0 bridgehead atoms. The first kappa shape index (κ1) is 13.0. The van der Waals surface area contributed by atoms with Crippen LogP contribution in [0, 0.1) is 6.92 Å². The van der Waals surface area contributed by atoms with E-state index >= 15 is 0 Å². The molecule has 18 heavy (non-hydrogen) atoms. The third kappa shape index (κ3) is 2.70. The Bertz CT molecular complexity index is 502. The summed E-state index contributed by atoms with van der Waals surface area (Å²) in [5.41, 5.74) is 1.11. The normalized spacial score (nSPS) is 20.7. The molecule has 1 aliphatic carbocycles. The number of aryl methyl sites for hydroxylation is 1. The highest BCUT2D eigenvalue weighted by Crippen LogP contribution is 2.25. The SMILES string of the molecule is CCOC1=CC(=O)[C@@H](S(=O)c2ccc(C)cc2)C1. The third-order valence-corrected chi connectivity index (χ3v) is 4.50. The van der Waals surface area contributed by atoms with Crippen molar-refractivity contribution in [3.05, 3.63) is 41.7 Å². The van der Waals surface area contributed by atoms with Gasteiger partial charge in [0.1, 0.15) is 11.0 Å². The summed E-state index contributed by atoms with van der Waals surface area (Å²) < 4.78 is 17.6. The van der Waals surface area contributed by atoms with Gasteiger partial charge in [-0.05, 0) is 26.0 Å². The molecule has 1 aromatic carbocycles. The second-order valence-corrected chi connectivity index (χ2v) is 5.88. The minimum Gasteiger partial charge on any atom is -0.498 e. The summed E-state index contributed by atoms with van der Waals surface area (Å²) in [6.07, 6.45) is 1.91. The molecule has 3 nitrogen and oxygen atoms in total. The number of hydrogen-bond acceptors (Lipinski definition) is 3. The molecule has 0 heterocycles. The molecule has 0 saturated heterocycles. The summed E-state index contributed by atoms with van der Waals surface area (Å²) in [6, 6.07) is 7.45. The first-order chi connectivity index (χ1) is 8.61. The quantitative estimate of drug-likeness (QED) is 0.838. The maximum atomic E-state index is 12.3. The fourth-order valence-corrected chi connectivity index (χ4v) is 3.23. The van der Waals surface area contributed by atoms with E-state index in [1.807, 2.05) is 38.1 Å². The van der Waals surface area contributed by atoms with Crippen molar-refractivity contribution in [1.29, 1.82) is 0 Å². The first-order valence-corrected chi connectivity index (χ1v) is 7.17. The zero-order valence-electron chi connectivity index (χ0n) is 10.5. The van der Waals surface area contributed by atoms with Crippen molar-refractivity contribution in [2.75, 3.05) is 6.61 Å². The van der Waals surface area contributed by atoms with E-state index in [4.69, 9.17) is 4.74 Å². The zero-order chi connectivity index (χ0) is 13.1. The molecule has 1 aromatic rings. The molecule has 2 rings (SSSR count). The minimum atomic E-state index is -1.30. The van der Waals surface area contributed by atoms with Gasteiger partial charge in [-0.2, -0.15) is 0 Å². The van der Waals surface area contributed by atoms with Gasteiger partial charge in [0.25, 0.3) is 0 Å². The Balaban J connectivity index is 2.12. The molecule has 4 heteroatoms. The molecule has 0 spiro atoms. The van der Waals surface area contributed by atoms with E-state index in [-0.39, 0.29) is 5.78 Å². The van der Waals surface area contributed by atoms with Gasteiger partial charge in [-0.1, -0.05) is 17.7 Å². The molecule has 1 aliphatic rings. The molecule has 0 fully saturated rings. The number of carbonyl (C=O) groups excluding carboxylic acids is 1. The Morgan fingerprint density at radius 1 is 1.33 bits per heavy atom. The summed E-state index contributed by atoms with van der Waals surface area (Å²) in [6.45, 7) is 4.38. The lowest BCUT2D eigenvalue weighted by Crippen LogP contribution is -2.20. The highest BCUT2D eigenvalue weighted by atomic mass is 32.2. The average Bonchev–Trinajstić information content (AvgIpc) is 2.71. The smallest absolute Gasteiger partial charge is 0.175 e. The van der Waals surface area contributed by atoms with Gasteiger partial charge < -0.3 is 4.74 Å². The number of ether oxygens (including phenoxy) is 1. The van der Waals surface area contributed by atoms with Crippen LogP contribution in [0.15, 0.2) is 41.0 Å². The van der Waals surface area contributed by atoms with Gasteiger partial charge in [-0.3, -0.25) is 9.00 Å². The van der Waals surface area contributed by atoms with Crippen LogP contribution in [-0.2, 0) is 20.3 Å². The lowest BCUT2D eigenvalue weighted by molar-refractivity contribution is -0.113. The molecular formula is C14H16O3S. The summed E-state index contributed by atoms with van der Waals surface area (Å²) in [7, 11) is -1.30. The predicted octanol–water partition coefficient (Wildman–Crippen LogP) is 2.36. The molecule has 1 unspecified atom stereocenters. The molecule has 0 radical (unpaired) electrons. The van der Waals surface area contributed by atoms with E-state index < -0.39 is 16.0 Å². The Morgan fingerprint density at radius 3 is 2.61 bits per heavy atom. The van der Waals surface area contributed by atoms with E-state index in [1.54, 1.807) is 0 Å². The topological polar surface area (TPSA) is 43.4 Å².